The van der Waals surface area contributed by atoms with Crippen molar-refractivity contribution in [1.29, 1.82) is 0 Å². The fourth-order valence-corrected chi connectivity index (χ4v) is 4.34. The highest BCUT2D eigenvalue weighted by Gasteiger charge is 2.33. The van der Waals surface area contributed by atoms with Gasteiger partial charge in [-0.3, -0.25) is 14.7 Å². The van der Waals surface area contributed by atoms with Gasteiger partial charge in [-0.2, -0.15) is 0 Å². The van der Waals surface area contributed by atoms with Gasteiger partial charge in [-0.05, 0) is 68.3 Å². The summed E-state index contributed by atoms with van der Waals surface area (Å²) in [4.78, 5) is 32.5. The van der Waals surface area contributed by atoms with E-state index in [0.717, 1.165) is 22.2 Å². The molecule has 0 spiro atoms. The SMILES string of the molecule is CC(C)(C)OC(=O)n1c(N2Cc3ccccc3C2=O)cc2cc(CNCc3ccccn3)ccc21. The van der Waals surface area contributed by atoms with E-state index < -0.39 is 11.7 Å². The topological polar surface area (TPSA) is 76.5 Å². The smallest absolute Gasteiger partial charge is 0.420 e. The molecule has 7 nitrogen and oxygen atoms in total. The lowest BCUT2D eigenvalue weighted by atomic mass is 10.1. The largest absolute Gasteiger partial charge is 0.443 e. The molecule has 1 N–H and O–H groups in total. The first-order valence-corrected chi connectivity index (χ1v) is 11.7. The quantitative estimate of drug-likeness (QED) is 0.432. The number of amides is 1. The number of benzene rings is 2. The summed E-state index contributed by atoms with van der Waals surface area (Å²) in [7, 11) is 0. The number of aromatic nitrogens is 2. The average molecular weight is 469 g/mol. The van der Waals surface area contributed by atoms with Gasteiger partial charge < -0.3 is 10.1 Å². The van der Waals surface area contributed by atoms with E-state index in [1.54, 1.807) is 11.1 Å². The van der Waals surface area contributed by atoms with Crippen LogP contribution in [0.2, 0.25) is 0 Å². The molecule has 2 aromatic heterocycles. The monoisotopic (exact) mass is 468 g/mol. The number of carbonyl (C=O) groups excluding carboxylic acids is 2. The van der Waals surface area contributed by atoms with Crippen molar-refractivity contribution >= 4 is 28.7 Å². The Morgan fingerprint density at radius 1 is 1.03 bits per heavy atom. The Kier molecular flexibility index (Phi) is 5.86. The van der Waals surface area contributed by atoms with Crippen LogP contribution in [-0.2, 0) is 24.4 Å². The normalized spacial score (nSPS) is 13.3. The van der Waals surface area contributed by atoms with Gasteiger partial charge >= 0.3 is 6.09 Å². The third-order valence-corrected chi connectivity index (χ3v) is 5.88. The van der Waals surface area contributed by atoms with Crippen molar-refractivity contribution in [3.63, 3.8) is 0 Å². The van der Waals surface area contributed by atoms with E-state index in [1.165, 1.54) is 4.57 Å². The maximum atomic E-state index is 13.3. The van der Waals surface area contributed by atoms with Crippen molar-refractivity contribution in [2.45, 2.75) is 46.0 Å². The van der Waals surface area contributed by atoms with Crippen LogP contribution in [0.1, 0.15) is 48.0 Å². The minimum Gasteiger partial charge on any atom is -0.443 e. The van der Waals surface area contributed by atoms with Crippen LogP contribution in [0.5, 0.6) is 0 Å². The summed E-state index contributed by atoms with van der Waals surface area (Å²) in [5, 5.41) is 4.27. The van der Waals surface area contributed by atoms with Crippen LogP contribution in [0, 0.1) is 0 Å². The molecule has 1 aliphatic rings. The molecule has 3 heterocycles. The molecule has 1 aliphatic heterocycles. The number of rotatable bonds is 5. The van der Waals surface area contributed by atoms with Crippen molar-refractivity contribution in [2.75, 3.05) is 4.90 Å². The number of carbonyl (C=O) groups is 2. The summed E-state index contributed by atoms with van der Waals surface area (Å²) in [6, 6.07) is 21.2. The van der Waals surface area contributed by atoms with Crippen LogP contribution in [0.3, 0.4) is 0 Å². The van der Waals surface area contributed by atoms with Gasteiger partial charge in [0.05, 0.1) is 17.8 Å². The molecule has 178 valence electrons. The molecule has 0 saturated carbocycles. The molecule has 0 bridgehead atoms. The zero-order valence-electron chi connectivity index (χ0n) is 20.1. The highest BCUT2D eigenvalue weighted by Crippen LogP contribution is 2.34. The Morgan fingerprint density at radius 2 is 1.83 bits per heavy atom. The second-order valence-corrected chi connectivity index (χ2v) is 9.68. The van der Waals surface area contributed by atoms with Gasteiger partial charge in [0.15, 0.2) is 0 Å². The van der Waals surface area contributed by atoms with Crippen molar-refractivity contribution in [3.8, 4) is 0 Å². The second-order valence-electron chi connectivity index (χ2n) is 9.68. The first kappa shape index (κ1) is 22.8. The third kappa shape index (κ3) is 4.68. The van der Waals surface area contributed by atoms with Gasteiger partial charge in [-0.25, -0.2) is 9.36 Å². The summed E-state index contributed by atoms with van der Waals surface area (Å²) in [5.74, 6) is 0.388. The first-order valence-electron chi connectivity index (χ1n) is 11.7. The van der Waals surface area contributed by atoms with Crippen molar-refractivity contribution < 1.29 is 14.3 Å². The van der Waals surface area contributed by atoms with E-state index in [1.807, 2.05) is 87.5 Å². The first-order chi connectivity index (χ1) is 16.8. The Labute approximate surface area is 204 Å². The molecule has 35 heavy (non-hydrogen) atoms. The van der Waals surface area contributed by atoms with E-state index in [9.17, 15) is 9.59 Å². The van der Waals surface area contributed by atoms with Crippen molar-refractivity contribution in [3.05, 3.63) is 95.3 Å². The maximum absolute atomic E-state index is 13.3. The van der Waals surface area contributed by atoms with Crippen LogP contribution in [0.4, 0.5) is 10.6 Å². The average Bonchev–Trinajstić information content (AvgIpc) is 3.36. The lowest BCUT2D eigenvalue weighted by Crippen LogP contribution is -2.31. The Morgan fingerprint density at radius 3 is 2.57 bits per heavy atom. The lowest BCUT2D eigenvalue weighted by molar-refractivity contribution is 0.0547. The van der Waals surface area contributed by atoms with Crippen LogP contribution in [0.15, 0.2) is 72.9 Å². The van der Waals surface area contributed by atoms with Gasteiger partial charge in [-0.15, -0.1) is 0 Å². The molecule has 0 aliphatic carbocycles. The predicted octanol–water partition coefficient (Wildman–Crippen LogP) is 5.27. The van der Waals surface area contributed by atoms with Gasteiger partial charge in [0.25, 0.3) is 5.91 Å². The molecule has 0 unspecified atom stereocenters. The van der Waals surface area contributed by atoms with E-state index >= 15 is 0 Å². The lowest BCUT2D eigenvalue weighted by Gasteiger charge is -2.23. The molecular weight excluding hydrogens is 440 g/mol. The van der Waals surface area contributed by atoms with E-state index in [0.29, 0.717) is 36.5 Å². The van der Waals surface area contributed by atoms with Crippen LogP contribution < -0.4 is 10.2 Å². The molecule has 0 atom stereocenters. The minimum absolute atomic E-state index is 0.120. The van der Waals surface area contributed by atoms with Gasteiger partial charge in [0.2, 0.25) is 0 Å². The summed E-state index contributed by atoms with van der Waals surface area (Å²) < 4.78 is 7.22. The minimum atomic E-state index is -0.668. The number of anilines is 1. The number of ether oxygens (including phenoxy) is 1. The molecule has 2 aromatic carbocycles. The molecule has 0 radical (unpaired) electrons. The second kappa shape index (κ2) is 9.00. The number of nitrogens with zero attached hydrogens (tertiary/aromatic N) is 3. The summed E-state index contributed by atoms with van der Waals surface area (Å²) in [6.45, 7) is 7.21. The standard InChI is InChI=1S/C28H28N4O3/c1-28(2,3)35-27(34)32-24-12-11-19(16-29-17-22-9-6-7-13-30-22)14-21(24)15-25(32)31-18-20-8-4-5-10-23(20)26(31)33/h4-15,29H,16-18H2,1-3H3. The zero-order valence-corrected chi connectivity index (χ0v) is 20.1. The summed E-state index contributed by atoms with van der Waals surface area (Å²) in [5.41, 5.74) is 3.67. The van der Waals surface area contributed by atoms with E-state index in [4.69, 9.17) is 4.74 Å². The fourth-order valence-electron chi connectivity index (χ4n) is 4.34. The molecule has 5 rings (SSSR count). The summed E-state index contributed by atoms with van der Waals surface area (Å²) in [6.07, 6.45) is 1.27. The highest BCUT2D eigenvalue weighted by atomic mass is 16.6. The van der Waals surface area contributed by atoms with Crippen molar-refractivity contribution in [1.82, 2.24) is 14.9 Å². The maximum Gasteiger partial charge on any atom is 0.420 e. The number of hydrogen-bond donors (Lipinski definition) is 1. The summed E-state index contributed by atoms with van der Waals surface area (Å²) >= 11 is 0. The Balaban J connectivity index is 1.48. The highest BCUT2D eigenvalue weighted by molar-refractivity contribution is 6.11. The number of fused-ring (bicyclic) bond motifs is 2. The third-order valence-electron chi connectivity index (χ3n) is 5.88. The van der Waals surface area contributed by atoms with Gasteiger partial charge in [-0.1, -0.05) is 30.3 Å². The van der Waals surface area contributed by atoms with Gasteiger partial charge in [0, 0.05) is 30.2 Å². The molecule has 7 heteroatoms. The predicted molar refractivity (Wildman–Crippen MR) is 135 cm³/mol. The molecule has 0 fully saturated rings. The number of nitrogens with one attached hydrogen (secondary N) is 1. The molecule has 0 saturated heterocycles. The number of hydrogen-bond acceptors (Lipinski definition) is 5. The zero-order chi connectivity index (χ0) is 24.6. The van der Waals surface area contributed by atoms with Gasteiger partial charge in [0.1, 0.15) is 11.4 Å². The molecular formula is C28H28N4O3. The van der Waals surface area contributed by atoms with Crippen LogP contribution in [-0.4, -0.2) is 27.2 Å². The fraction of sp³-hybridized carbons (Fsp3) is 0.250. The van der Waals surface area contributed by atoms with E-state index in [-0.39, 0.29) is 5.91 Å². The van der Waals surface area contributed by atoms with Crippen molar-refractivity contribution in [2.24, 2.45) is 0 Å². The Bertz CT molecular complexity index is 1400. The Hall–Kier alpha value is -3.97. The van der Waals surface area contributed by atoms with E-state index in [2.05, 4.69) is 10.3 Å². The van der Waals surface area contributed by atoms with Crippen LogP contribution >= 0.6 is 0 Å². The molecule has 1 amide bonds. The molecule has 4 aromatic rings. The van der Waals surface area contributed by atoms with Crippen LogP contribution in [0.25, 0.3) is 10.9 Å². The number of pyridine rings is 1.